The summed E-state index contributed by atoms with van der Waals surface area (Å²) in [5.41, 5.74) is 0. The Labute approximate surface area is 175 Å². The Morgan fingerprint density at radius 2 is 1.37 bits per heavy atom. The standard InChI is InChI=1S/C21H21NO6S2/c1-28-21(23)22-17-13-8-14-18(22)20(30(26,27)16-11-6-3-7-12-16)19(17)29(24,25)15-9-4-2-5-10-15/h2-13,17-20H,14H2,1H3. The van der Waals surface area contributed by atoms with Crippen LogP contribution in [0.25, 0.3) is 0 Å². The molecule has 2 aliphatic heterocycles. The highest BCUT2D eigenvalue weighted by Gasteiger charge is 2.61. The molecule has 1 saturated heterocycles. The van der Waals surface area contributed by atoms with Crippen molar-refractivity contribution in [1.82, 2.24) is 4.90 Å². The Morgan fingerprint density at radius 1 is 0.867 bits per heavy atom. The Kier molecular flexibility index (Phi) is 5.19. The summed E-state index contributed by atoms with van der Waals surface area (Å²) in [5, 5.41) is -2.68. The minimum absolute atomic E-state index is 0.0222. The van der Waals surface area contributed by atoms with Crippen LogP contribution in [-0.4, -0.2) is 57.5 Å². The average Bonchev–Trinajstić information content (AvgIpc) is 2.97. The summed E-state index contributed by atoms with van der Waals surface area (Å²) in [6.45, 7) is 0. The molecule has 0 N–H and O–H groups in total. The maximum Gasteiger partial charge on any atom is 0.410 e. The Balaban J connectivity index is 1.93. The summed E-state index contributed by atoms with van der Waals surface area (Å²) in [7, 11) is -6.97. The first-order valence-corrected chi connectivity index (χ1v) is 12.5. The zero-order valence-corrected chi connectivity index (χ0v) is 17.8. The minimum Gasteiger partial charge on any atom is -0.453 e. The largest absolute Gasteiger partial charge is 0.453 e. The van der Waals surface area contributed by atoms with Crippen LogP contribution in [0.15, 0.2) is 82.6 Å². The van der Waals surface area contributed by atoms with Gasteiger partial charge in [0.05, 0.1) is 29.0 Å². The Bertz CT molecular complexity index is 1180. The van der Waals surface area contributed by atoms with E-state index in [1.165, 1.54) is 36.3 Å². The molecule has 2 heterocycles. The van der Waals surface area contributed by atoms with Crippen LogP contribution >= 0.6 is 0 Å². The number of sulfone groups is 2. The molecule has 4 atom stereocenters. The van der Waals surface area contributed by atoms with Crippen molar-refractivity contribution in [1.29, 1.82) is 0 Å². The Morgan fingerprint density at radius 3 is 1.87 bits per heavy atom. The van der Waals surface area contributed by atoms with Crippen molar-refractivity contribution in [2.24, 2.45) is 0 Å². The molecular formula is C21H21NO6S2. The first-order valence-electron chi connectivity index (χ1n) is 9.41. The third-order valence-corrected chi connectivity index (χ3v) is 10.3. The molecule has 158 valence electrons. The van der Waals surface area contributed by atoms with Crippen molar-refractivity contribution >= 4 is 25.8 Å². The number of ether oxygens (including phenoxy) is 1. The van der Waals surface area contributed by atoms with E-state index >= 15 is 0 Å². The molecule has 4 rings (SSSR count). The molecule has 4 unspecified atom stereocenters. The van der Waals surface area contributed by atoms with Crippen molar-refractivity contribution < 1.29 is 26.4 Å². The van der Waals surface area contributed by atoms with E-state index in [1.54, 1.807) is 48.6 Å². The van der Waals surface area contributed by atoms with E-state index in [0.29, 0.717) is 0 Å². The van der Waals surface area contributed by atoms with Gasteiger partial charge in [-0.25, -0.2) is 21.6 Å². The number of carbonyl (C=O) groups excluding carboxylic acids is 1. The minimum atomic E-state index is -4.09. The van der Waals surface area contributed by atoms with E-state index < -0.39 is 48.4 Å². The Hall–Kier alpha value is -2.65. The third-order valence-electron chi connectivity index (χ3n) is 5.67. The molecule has 0 radical (unpaired) electrons. The van der Waals surface area contributed by atoms with Crippen molar-refractivity contribution in [2.45, 2.75) is 38.8 Å². The lowest BCUT2D eigenvalue weighted by molar-refractivity contribution is 0.108. The SMILES string of the molecule is COC(=O)N1C2C=CCC1C(S(=O)(=O)c1ccccc1)C2S(=O)(=O)c1ccccc1. The van der Waals surface area contributed by atoms with E-state index in [-0.39, 0.29) is 16.2 Å². The van der Waals surface area contributed by atoms with Crippen molar-refractivity contribution in [3.63, 3.8) is 0 Å². The fourth-order valence-corrected chi connectivity index (χ4v) is 9.27. The first kappa shape index (κ1) is 20.6. The fraction of sp³-hybridized carbons (Fsp3) is 0.286. The van der Waals surface area contributed by atoms with Gasteiger partial charge in [0.1, 0.15) is 10.5 Å². The monoisotopic (exact) mass is 447 g/mol. The lowest BCUT2D eigenvalue weighted by atomic mass is 10.1. The summed E-state index contributed by atoms with van der Waals surface area (Å²) in [6, 6.07) is 13.7. The van der Waals surface area contributed by atoms with Gasteiger partial charge in [-0.15, -0.1) is 0 Å². The van der Waals surface area contributed by atoms with Crippen LogP contribution in [0.3, 0.4) is 0 Å². The maximum absolute atomic E-state index is 13.7. The van der Waals surface area contributed by atoms with Gasteiger partial charge in [0.15, 0.2) is 19.7 Å². The average molecular weight is 448 g/mol. The molecule has 0 aliphatic carbocycles. The van der Waals surface area contributed by atoms with E-state index in [4.69, 9.17) is 4.74 Å². The number of fused-ring (bicyclic) bond motifs is 2. The van der Waals surface area contributed by atoms with Crippen molar-refractivity contribution in [3.05, 3.63) is 72.8 Å². The highest BCUT2D eigenvalue weighted by Crippen LogP contribution is 2.43. The second-order valence-electron chi connectivity index (χ2n) is 7.24. The summed E-state index contributed by atoms with van der Waals surface area (Å²) >= 11 is 0. The predicted molar refractivity (Wildman–Crippen MR) is 110 cm³/mol. The number of benzene rings is 2. The predicted octanol–water partition coefficient (Wildman–Crippen LogP) is 2.45. The normalized spacial score (nSPS) is 25.8. The summed E-state index contributed by atoms with van der Waals surface area (Å²) < 4.78 is 59.5. The molecule has 0 aromatic heterocycles. The number of hydrogen-bond acceptors (Lipinski definition) is 6. The van der Waals surface area contributed by atoms with Gasteiger partial charge in [-0.1, -0.05) is 48.6 Å². The van der Waals surface area contributed by atoms with Gasteiger partial charge in [0, 0.05) is 0 Å². The molecule has 1 amide bonds. The van der Waals surface area contributed by atoms with Gasteiger partial charge in [-0.2, -0.15) is 0 Å². The molecule has 2 aliphatic rings. The van der Waals surface area contributed by atoms with Crippen LogP contribution < -0.4 is 0 Å². The van der Waals surface area contributed by atoms with E-state index in [0.717, 1.165) is 0 Å². The van der Waals surface area contributed by atoms with Gasteiger partial charge in [0.25, 0.3) is 0 Å². The summed E-state index contributed by atoms with van der Waals surface area (Å²) in [4.78, 5) is 13.8. The van der Waals surface area contributed by atoms with E-state index in [2.05, 4.69) is 0 Å². The molecule has 9 heteroatoms. The lowest BCUT2D eigenvalue weighted by Crippen LogP contribution is -2.45. The van der Waals surface area contributed by atoms with Crippen LogP contribution in [-0.2, 0) is 24.4 Å². The topological polar surface area (TPSA) is 97.8 Å². The molecule has 0 saturated carbocycles. The van der Waals surface area contributed by atoms with Crippen LogP contribution in [0.4, 0.5) is 4.79 Å². The van der Waals surface area contributed by atoms with E-state index in [9.17, 15) is 21.6 Å². The molecule has 0 spiro atoms. The molecule has 2 aromatic carbocycles. The molecule has 2 aromatic rings. The van der Waals surface area contributed by atoms with Crippen LogP contribution in [0.5, 0.6) is 0 Å². The van der Waals surface area contributed by atoms with Gasteiger partial charge in [0.2, 0.25) is 0 Å². The van der Waals surface area contributed by atoms with Crippen LogP contribution in [0.1, 0.15) is 6.42 Å². The van der Waals surface area contributed by atoms with Crippen LogP contribution in [0.2, 0.25) is 0 Å². The summed E-state index contributed by atoms with van der Waals surface area (Å²) in [6.07, 6.45) is 2.82. The third kappa shape index (κ3) is 3.13. The fourth-order valence-electron chi connectivity index (χ4n) is 4.40. The molecule has 2 bridgehead atoms. The molecule has 7 nitrogen and oxygen atoms in total. The molecular weight excluding hydrogens is 426 g/mol. The molecule has 1 fully saturated rings. The summed E-state index contributed by atoms with van der Waals surface area (Å²) in [5.74, 6) is 0. The number of carbonyl (C=O) groups is 1. The van der Waals surface area contributed by atoms with Gasteiger partial charge < -0.3 is 4.74 Å². The highest BCUT2D eigenvalue weighted by atomic mass is 32.2. The van der Waals surface area contributed by atoms with E-state index in [1.807, 2.05) is 0 Å². The van der Waals surface area contributed by atoms with Crippen LogP contribution in [0, 0.1) is 0 Å². The van der Waals surface area contributed by atoms with Crippen molar-refractivity contribution in [2.75, 3.05) is 7.11 Å². The quantitative estimate of drug-likeness (QED) is 0.668. The van der Waals surface area contributed by atoms with Gasteiger partial charge >= 0.3 is 6.09 Å². The second-order valence-corrected chi connectivity index (χ2v) is 11.5. The van der Waals surface area contributed by atoms with Gasteiger partial charge in [-0.05, 0) is 30.7 Å². The zero-order valence-electron chi connectivity index (χ0n) is 16.2. The smallest absolute Gasteiger partial charge is 0.410 e. The number of methoxy groups -OCH3 is 1. The first-order chi connectivity index (χ1) is 14.3. The molecule has 30 heavy (non-hydrogen) atoms. The highest BCUT2D eigenvalue weighted by molar-refractivity contribution is 7.96. The van der Waals surface area contributed by atoms with Gasteiger partial charge in [-0.3, -0.25) is 4.90 Å². The number of nitrogens with zero attached hydrogens (tertiary/aromatic N) is 1. The van der Waals surface area contributed by atoms with Crippen molar-refractivity contribution in [3.8, 4) is 0 Å². The zero-order chi connectivity index (χ0) is 21.5. The number of hydrogen-bond donors (Lipinski definition) is 0. The number of rotatable bonds is 4. The maximum atomic E-state index is 13.7. The lowest BCUT2D eigenvalue weighted by Gasteiger charge is -2.31. The second kappa shape index (κ2) is 7.55. The number of amides is 1.